The highest BCUT2D eigenvalue weighted by Gasteiger charge is 2.33. The molecule has 2 aliphatic carbocycles. The smallest absolute Gasteiger partial charge is 0.251 e. The summed E-state index contributed by atoms with van der Waals surface area (Å²) in [6.07, 6.45) is 7.06. The molecule has 2 amide bonds. The molecule has 1 aromatic rings. The molecule has 0 aromatic carbocycles. The fourth-order valence-corrected chi connectivity index (χ4v) is 5.65. The van der Waals surface area contributed by atoms with E-state index in [1.807, 2.05) is 0 Å². The number of carbonyl (C=O) groups is 2. The summed E-state index contributed by atoms with van der Waals surface area (Å²) < 4.78 is 0. The van der Waals surface area contributed by atoms with Crippen molar-refractivity contribution in [3.05, 3.63) is 16.0 Å². The number of rotatable bonds is 3. The number of nitrogens with two attached hydrogens (primary N) is 1. The lowest BCUT2D eigenvalue weighted by Crippen LogP contribution is -2.28. The minimum absolute atomic E-state index is 0.0573. The van der Waals surface area contributed by atoms with Crippen LogP contribution in [0, 0.1) is 17.3 Å². The number of carbonyl (C=O) groups excluding carboxylic acids is 2. The Bertz CT molecular complexity index is 663. The van der Waals surface area contributed by atoms with Gasteiger partial charge < -0.3 is 11.1 Å². The Morgan fingerprint density at radius 1 is 1.29 bits per heavy atom. The van der Waals surface area contributed by atoms with E-state index in [0.717, 1.165) is 44.1 Å². The van der Waals surface area contributed by atoms with Gasteiger partial charge in [-0.25, -0.2) is 0 Å². The van der Waals surface area contributed by atoms with Crippen molar-refractivity contribution in [3.63, 3.8) is 0 Å². The molecule has 1 heterocycles. The second-order valence-electron chi connectivity index (χ2n) is 8.37. The zero-order valence-electron chi connectivity index (χ0n) is 14.9. The maximum Gasteiger partial charge on any atom is 0.251 e. The van der Waals surface area contributed by atoms with Gasteiger partial charge in [0.25, 0.3) is 5.91 Å². The largest absolute Gasteiger partial charge is 0.365 e. The van der Waals surface area contributed by atoms with Gasteiger partial charge in [-0.15, -0.1) is 11.3 Å². The van der Waals surface area contributed by atoms with Crippen LogP contribution in [0.25, 0.3) is 0 Å². The Hall–Kier alpha value is -1.36. The maximum atomic E-state index is 12.7. The van der Waals surface area contributed by atoms with E-state index in [9.17, 15) is 9.59 Å². The highest BCUT2D eigenvalue weighted by molar-refractivity contribution is 7.17. The number of primary amides is 1. The third-order valence-electron chi connectivity index (χ3n) is 5.57. The molecule has 0 aliphatic heterocycles. The van der Waals surface area contributed by atoms with Crippen LogP contribution in [0.5, 0.6) is 0 Å². The number of anilines is 1. The summed E-state index contributed by atoms with van der Waals surface area (Å²) in [5, 5.41) is 3.72. The SMILES string of the molecule is CC1CCCC(C(=O)Nc2sc3c(c2C(N)=O)CCC(C)(C)C3)C1. The summed E-state index contributed by atoms with van der Waals surface area (Å²) in [6, 6.07) is 0. The van der Waals surface area contributed by atoms with Crippen molar-refractivity contribution < 1.29 is 9.59 Å². The first-order valence-corrected chi connectivity index (χ1v) is 9.83. The molecular weight excluding hydrogens is 320 g/mol. The van der Waals surface area contributed by atoms with Crippen LogP contribution in [-0.2, 0) is 17.6 Å². The first-order valence-electron chi connectivity index (χ1n) is 9.02. The predicted molar refractivity (Wildman–Crippen MR) is 98.4 cm³/mol. The molecule has 0 bridgehead atoms. The van der Waals surface area contributed by atoms with Crippen molar-refractivity contribution in [2.24, 2.45) is 23.0 Å². The van der Waals surface area contributed by atoms with Gasteiger partial charge in [0.05, 0.1) is 5.56 Å². The Balaban J connectivity index is 1.84. The Kier molecular flexibility index (Phi) is 4.73. The molecule has 0 saturated heterocycles. The van der Waals surface area contributed by atoms with Gasteiger partial charge in [0.15, 0.2) is 0 Å². The van der Waals surface area contributed by atoms with Crippen molar-refractivity contribution in [1.29, 1.82) is 0 Å². The van der Waals surface area contributed by atoms with E-state index in [4.69, 9.17) is 5.73 Å². The zero-order chi connectivity index (χ0) is 17.5. The van der Waals surface area contributed by atoms with E-state index in [1.54, 1.807) is 11.3 Å². The van der Waals surface area contributed by atoms with E-state index < -0.39 is 5.91 Å². The van der Waals surface area contributed by atoms with E-state index in [1.165, 1.54) is 11.3 Å². The summed E-state index contributed by atoms with van der Waals surface area (Å²) in [5.41, 5.74) is 7.51. The standard InChI is InChI=1S/C19H28N2O2S/c1-11-5-4-6-12(9-11)17(23)21-18-15(16(20)22)13-7-8-19(2,3)10-14(13)24-18/h11-12H,4-10H2,1-3H3,(H2,20,22)(H,21,23). The molecule has 1 saturated carbocycles. The Morgan fingerprint density at radius 2 is 2.04 bits per heavy atom. The number of thiophene rings is 1. The van der Waals surface area contributed by atoms with Gasteiger partial charge in [-0.05, 0) is 49.0 Å². The summed E-state index contributed by atoms with van der Waals surface area (Å²) in [6.45, 7) is 6.71. The lowest BCUT2D eigenvalue weighted by molar-refractivity contribution is -0.121. The van der Waals surface area contributed by atoms with Crippen LogP contribution in [0.2, 0.25) is 0 Å². The number of nitrogens with one attached hydrogen (secondary N) is 1. The second-order valence-corrected chi connectivity index (χ2v) is 9.48. The van der Waals surface area contributed by atoms with Crippen LogP contribution in [-0.4, -0.2) is 11.8 Å². The van der Waals surface area contributed by atoms with E-state index >= 15 is 0 Å². The Morgan fingerprint density at radius 3 is 2.71 bits per heavy atom. The summed E-state index contributed by atoms with van der Waals surface area (Å²) in [7, 11) is 0. The molecular formula is C19H28N2O2S. The first-order chi connectivity index (χ1) is 11.3. The molecule has 2 aliphatic rings. The minimum Gasteiger partial charge on any atom is -0.365 e. The quantitative estimate of drug-likeness (QED) is 0.862. The van der Waals surface area contributed by atoms with Crippen LogP contribution in [0.1, 0.15) is 73.7 Å². The van der Waals surface area contributed by atoms with E-state index in [-0.39, 0.29) is 17.2 Å². The maximum absolute atomic E-state index is 12.7. The molecule has 132 valence electrons. The van der Waals surface area contributed by atoms with Gasteiger partial charge in [0.1, 0.15) is 5.00 Å². The Labute approximate surface area is 148 Å². The van der Waals surface area contributed by atoms with Crippen molar-refractivity contribution in [1.82, 2.24) is 0 Å². The highest BCUT2D eigenvalue weighted by atomic mass is 32.1. The predicted octanol–water partition coefficient (Wildman–Crippen LogP) is 4.13. The molecule has 5 heteroatoms. The van der Waals surface area contributed by atoms with Crippen molar-refractivity contribution in [2.45, 2.75) is 65.7 Å². The average molecular weight is 349 g/mol. The van der Waals surface area contributed by atoms with E-state index in [0.29, 0.717) is 16.5 Å². The lowest BCUT2D eigenvalue weighted by atomic mass is 9.77. The van der Waals surface area contributed by atoms with Crippen LogP contribution in [0.4, 0.5) is 5.00 Å². The van der Waals surface area contributed by atoms with Gasteiger partial charge in [0, 0.05) is 10.8 Å². The zero-order valence-corrected chi connectivity index (χ0v) is 15.7. The first kappa shape index (κ1) is 17.5. The molecule has 24 heavy (non-hydrogen) atoms. The van der Waals surface area contributed by atoms with Crippen LogP contribution < -0.4 is 11.1 Å². The summed E-state index contributed by atoms with van der Waals surface area (Å²) >= 11 is 1.55. The normalized spacial score (nSPS) is 25.8. The molecule has 3 rings (SSSR count). The number of fused-ring (bicyclic) bond motifs is 1. The average Bonchev–Trinajstić information content (AvgIpc) is 2.82. The molecule has 4 nitrogen and oxygen atoms in total. The number of amides is 2. The van der Waals surface area contributed by atoms with Crippen LogP contribution >= 0.6 is 11.3 Å². The second kappa shape index (κ2) is 6.51. The van der Waals surface area contributed by atoms with Gasteiger partial charge in [-0.2, -0.15) is 0 Å². The highest BCUT2D eigenvalue weighted by Crippen LogP contribution is 2.44. The molecule has 1 fully saturated rings. The van der Waals surface area contributed by atoms with Gasteiger partial charge in [-0.3, -0.25) is 9.59 Å². The fourth-order valence-electron chi connectivity index (χ4n) is 4.14. The molecule has 2 unspecified atom stereocenters. The minimum atomic E-state index is -0.417. The van der Waals surface area contributed by atoms with Gasteiger partial charge in [0.2, 0.25) is 5.91 Å². The summed E-state index contributed by atoms with van der Waals surface area (Å²) in [5.74, 6) is 0.300. The number of hydrogen-bond donors (Lipinski definition) is 2. The number of hydrogen-bond acceptors (Lipinski definition) is 3. The third-order valence-corrected chi connectivity index (χ3v) is 6.72. The van der Waals surface area contributed by atoms with Crippen molar-refractivity contribution in [3.8, 4) is 0 Å². The molecule has 1 aromatic heterocycles. The van der Waals surface area contributed by atoms with Gasteiger partial charge in [-0.1, -0.05) is 33.6 Å². The van der Waals surface area contributed by atoms with Crippen molar-refractivity contribution >= 4 is 28.2 Å². The molecule has 2 atom stereocenters. The third kappa shape index (κ3) is 3.51. The molecule has 0 radical (unpaired) electrons. The summed E-state index contributed by atoms with van der Waals surface area (Å²) in [4.78, 5) is 25.9. The molecule has 0 spiro atoms. The topological polar surface area (TPSA) is 72.2 Å². The lowest BCUT2D eigenvalue weighted by Gasteiger charge is -2.29. The van der Waals surface area contributed by atoms with E-state index in [2.05, 4.69) is 26.1 Å². The van der Waals surface area contributed by atoms with Crippen LogP contribution in [0.15, 0.2) is 0 Å². The van der Waals surface area contributed by atoms with Crippen LogP contribution in [0.3, 0.4) is 0 Å². The molecule has 3 N–H and O–H groups in total. The van der Waals surface area contributed by atoms with Crippen molar-refractivity contribution in [2.75, 3.05) is 5.32 Å². The van der Waals surface area contributed by atoms with Gasteiger partial charge >= 0.3 is 0 Å². The monoisotopic (exact) mass is 348 g/mol. The fraction of sp³-hybridized carbons (Fsp3) is 0.684.